The fourth-order valence-corrected chi connectivity index (χ4v) is 4.23. The number of rotatable bonds is 6. The second-order valence-electron chi connectivity index (χ2n) is 7.45. The normalized spacial score (nSPS) is 11.0. The first-order valence-corrected chi connectivity index (χ1v) is 11.7. The van der Waals surface area contributed by atoms with Gasteiger partial charge in [-0.25, -0.2) is 0 Å². The van der Waals surface area contributed by atoms with Crippen molar-refractivity contribution in [2.45, 2.75) is 4.90 Å². The van der Waals surface area contributed by atoms with Crippen molar-refractivity contribution in [3.8, 4) is 40.0 Å². The minimum Gasteiger partial charge on any atom is -0.493 e. The lowest BCUT2D eigenvalue weighted by Crippen LogP contribution is -2.18. The third kappa shape index (κ3) is 3.82. The van der Waals surface area contributed by atoms with Crippen molar-refractivity contribution in [2.75, 3.05) is 20.5 Å². The van der Waals surface area contributed by atoms with E-state index in [-0.39, 0.29) is 5.56 Å². The summed E-state index contributed by atoms with van der Waals surface area (Å²) in [5.74, 6) is 1.91. The number of aromatic nitrogens is 3. The van der Waals surface area contributed by atoms with Gasteiger partial charge in [-0.3, -0.25) is 9.36 Å². The average Bonchev–Trinajstić information content (AvgIpc) is 3.39. The van der Waals surface area contributed by atoms with Crippen LogP contribution in [0.1, 0.15) is 0 Å². The first-order valence-electron chi connectivity index (χ1n) is 10.5. The van der Waals surface area contributed by atoms with Crippen LogP contribution in [-0.2, 0) is 0 Å². The number of thioether (sulfide) groups is 1. The molecule has 0 N–H and O–H groups in total. The summed E-state index contributed by atoms with van der Waals surface area (Å²) in [4.78, 5) is 19.2. The Hall–Kier alpha value is -4.04. The van der Waals surface area contributed by atoms with E-state index in [4.69, 9.17) is 14.0 Å². The maximum atomic E-state index is 13.4. The molecule has 170 valence electrons. The molecule has 3 aromatic carbocycles. The molecule has 0 spiro atoms. The van der Waals surface area contributed by atoms with Crippen LogP contribution in [0.3, 0.4) is 0 Å². The van der Waals surface area contributed by atoms with Crippen molar-refractivity contribution in [1.82, 2.24) is 14.7 Å². The predicted octanol–water partition coefficient (Wildman–Crippen LogP) is 5.45. The highest BCUT2D eigenvalue weighted by molar-refractivity contribution is 7.98. The van der Waals surface area contributed by atoms with Gasteiger partial charge in [0, 0.05) is 33.5 Å². The van der Waals surface area contributed by atoms with Crippen molar-refractivity contribution in [1.29, 1.82) is 0 Å². The summed E-state index contributed by atoms with van der Waals surface area (Å²) in [6.45, 7) is 0. The van der Waals surface area contributed by atoms with Gasteiger partial charge in [-0.05, 0) is 48.7 Å². The molecule has 0 aliphatic heterocycles. The topological polar surface area (TPSA) is 79.4 Å². The van der Waals surface area contributed by atoms with E-state index < -0.39 is 0 Å². The van der Waals surface area contributed by atoms with E-state index in [2.05, 4.69) is 10.1 Å². The smallest absolute Gasteiger partial charge is 0.262 e. The highest BCUT2D eigenvalue weighted by Crippen LogP contribution is 2.32. The minimum absolute atomic E-state index is 0.168. The van der Waals surface area contributed by atoms with Crippen LogP contribution in [0.2, 0.25) is 0 Å². The molecule has 7 nitrogen and oxygen atoms in total. The largest absolute Gasteiger partial charge is 0.493 e. The Balaban J connectivity index is 1.67. The molecule has 0 saturated heterocycles. The van der Waals surface area contributed by atoms with E-state index in [1.165, 1.54) is 0 Å². The Bertz CT molecular complexity index is 1540. The Morgan fingerprint density at radius 2 is 1.65 bits per heavy atom. The molecule has 0 bridgehead atoms. The van der Waals surface area contributed by atoms with Crippen LogP contribution in [0.25, 0.3) is 39.3 Å². The molecule has 2 heterocycles. The molecule has 0 saturated carbocycles. The van der Waals surface area contributed by atoms with Gasteiger partial charge in [0.05, 0.1) is 25.5 Å². The van der Waals surface area contributed by atoms with Crippen LogP contribution >= 0.6 is 11.8 Å². The summed E-state index contributed by atoms with van der Waals surface area (Å²) in [5, 5.41) is 5.46. The lowest BCUT2D eigenvalue weighted by molar-refractivity contribution is 0.355. The summed E-state index contributed by atoms with van der Waals surface area (Å²) in [5.41, 5.74) is 1.97. The standard InChI is InChI=1S/C26H21N3O4S/c1-31-22-13-10-17(14-23(22)32-2)29-15-21(19-6-4-5-7-20(19)26(29)30)25-27-24(28-33-25)16-8-11-18(34-3)12-9-16/h4-15H,1-3H3. The number of fused-ring (bicyclic) bond motifs is 1. The zero-order chi connectivity index (χ0) is 23.7. The van der Waals surface area contributed by atoms with Crippen molar-refractivity contribution in [3.05, 3.63) is 83.3 Å². The van der Waals surface area contributed by atoms with Gasteiger partial charge in [0.2, 0.25) is 5.82 Å². The van der Waals surface area contributed by atoms with Gasteiger partial charge < -0.3 is 14.0 Å². The fraction of sp³-hybridized carbons (Fsp3) is 0.115. The van der Waals surface area contributed by atoms with E-state index in [1.807, 2.05) is 48.7 Å². The van der Waals surface area contributed by atoms with Gasteiger partial charge >= 0.3 is 0 Å². The Morgan fingerprint density at radius 1 is 0.912 bits per heavy atom. The maximum absolute atomic E-state index is 13.4. The highest BCUT2D eigenvalue weighted by Gasteiger charge is 2.18. The molecule has 0 aliphatic rings. The first kappa shape index (κ1) is 21.8. The SMILES string of the molecule is COc1ccc(-n2cc(-c3nc(-c4ccc(SC)cc4)no3)c3ccccc3c2=O)cc1OC. The number of methoxy groups -OCH3 is 2. The lowest BCUT2D eigenvalue weighted by Gasteiger charge is -2.13. The Kier molecular flexibility index (Phi) is 5.81. The van der Waals surface area contributed by atoms with E-state index in [0.717, 1.165) is 15.8 Å². The molecule has 5 rings (SSSR count). The first-order chi connectivity index (χ1) is 16.6. The van der Waals surface area contributed by atoms with Crippen LogP contribution in [-0.4, -0.2) is 35.2 Å². The van der Waals surface area contributed by atoms with E-state index in [9.17, 15) is 4.79 Å². The van der Waals surface area contributed by atoms with Crippen molar-refractivity contribution >= 4 is 22.5 Å². The quantitative estimate of drug-likeness (QED) is 0.305. The summed E-state index contributed by atoms with van der Waals surface area (Å²) in [6, 6.07) is 20.7. The third-order valence-corrected chi connectivity index (χ3v) is 6.32. The molecule has 0 amide bonds. The molecule has 0 atom stereocenters. The molecule has 0 fully saturated rings. The zero-order valence-electron chi connectivity index (χ0n) is 18.8. The monoisotopic (exact) mass is 471 g/mol. The van der Waals surface area contributed by atoms with Gasteiger partial charge in [-0.15, -0.1) is 11.8 Å². The van der Waals surface area contributed by atoms with E-state index in [1.54, 1.807) is 61.0 Å². The molecule has 0 radical (unpaired) electrons. The van der Waals surface area contributed by atoms with Gasteiger partial charge in [-0.1, -0.05) is 23.4 Å². The second-order valence-corrected chi connectivity index (χ2v) is 8.33. The van der Waals surface area contributed by atoms with Crippen LogP contribution in [0.15, 0.2) is 87.1 Å². The van der Waals surface area contributed by atoms with Crippen LogP contribution < -0.4 is 15.0 Å². The van der Waals surface area contributed by atoms with Gasteiger partial charge in [0.25, 0.3) is 11.4 Å². The van der Waals surface area contributed by atoms with Gasteiger partial charge in [0.1, 0.15) is 0 Å². The van der Waals surface area contributed by atoms with Gasteiger partial charge in [-0.2, -0.15) is 4.98 Å². The molecule has 5 aromatic rings. The van der Waals surface area contributed by atoms with Crippen LogP contribution in [0.5, 0.6) is 11.5 Å². The summed E-state index contributed by atoms with van der Waals surface area (Å²) >= 11 is 1.67. The van der Waals surface area contributed by atoms with Crippen LogP contribution in [0.4, 0.5) is 0 Å². The average molecular weight is 472 g/mol. The summed E-state index contributed by atoms with van der Waals surface area (Å²) in [6.07, 6.45) is 3.75. The molecular weight excluding hydrogens is 450 g/mol. The van der Waals surface area contributed by atoms with Gasteiger partial charge in [0.15, 0.2) is 11.5 Å². The number of hydrogen-bond acceptors (Lipinski definition) is 7. The third-order valence-electron chi connectivity index (χ3n) is 5.57. The predicted molar refractivity (Wildman–Crippen MR) is 133 cm³/mol. The summed E-state index contributed by atoms with van der Waals surface area (Å²) < 4.78 is 18.0. The second kappa shape index (κ2) is 9.07. The molecular formula is C26H21N3O4S. The molecule has 8 heteroatoms. The van der Waals surface area contributed by atoms with Crippen molar-refractivity contribution in [2.24, 2.45) is 0 Å². The van der Waals surface area contributed by atoms with E-state index in [0.29, 0.717) is 39.9 Å². The molecule has 2 aromatic heterocycles. The number of benzene rings is 3. The molecule has 0 unspecified atom stereocenters. The number of nitrogens with zero attached hydrogens (tertiary/aromatic N) is 3. The van der Waals surface area contributed by atoms with Crippen molar-refractivity contribution in [3.63, 3.8) is 0 Å². The number of pyridine rings is 1. The van der Waals surface area contributed by atoms with Crippen molar-refractivity contribution < 1.29 is 14.0 Å². The number of hydrogen-bond donors (Lipinski definition) is 0. The Morgan fingerprint density at radius 3 is 2.35 bits per heavy atom. The van der Waals surface area contributed by atoms with Crippen LogP contribution in [0, 0.1) is 0 Å². The Labute approximate surface area is 200 Å². The number of ether oxygens (including phenoxy) is 2. The highest BCUT2D eigenvalue weighted by atomic mass is 32.2. The molecule has 34 heavy (non-hydrogen) atoms. The zero-order valence-corrected chi connectivity index (χ0v) is 19.6. The van der Waals surface area contributed by atoms with E-state index >= 15 is 0 Å². The minimum atomic E-state index is -0.168. The maximum Gasteiger partial charge on any atom is 0.262 e. The lowest BCUT2D eigenvalue weighted by atomic mass is 10.1. The molecule has 0 aliphatic carbocycles. The fourth-order valence-electron chi connectivity index (χ4n) is 3.82. The summed E-state index contributed by atoms with van der Waals surface area (Å²) in [7, 11) is 3.13.